The van der Waals surface area contributed by atoms with E-state index in [1.54, 1.807) is 31.4 Å². The minimum atomic E-state index is -0.382. The van der Waals surface area contributed by atoms with Gasteiger partial charge in [-0.3, -0.25) is 0 Å². The summed E-state index contributed by atoms with van der Waals surface area (Å²) < 4.78 is 24.9. The van der Waals surface area contributed by atoms with Gasteiger partial charge in [0.2, 0.25) is 0 Å². The van der Waals surface area contributed by atoms with Crippen LogP contribution in [0.3, 0.4) is 0 Å². The molecule has 2 rings (SSSR count). The maximum absolute atomic E-state index is 13.5. The molecule has 0 aliphatic heterocycles. The summed E-state index contributed by atoms with van der Waals surface area (Å²) >= 11 is 3.10. The van der Waals surface area contributed by atoms with Gasteiger partial charge in [-0.25, -0.2) is 4.39 Å². The van der Waals surface area contributed by atoms with E-state index in [1.807, 2.05) is 13.0 Å². The van der Waals surface area contributed by atoms with Gasteiger partial charge in [0, 0.05) is 12.1 Å². The van der Waals surface area contributed by atoms with Crippen LogP contribution in [-0.2, 0) is 0 Å². The molecule has 0 amide bonds. The quantitative estimate of drug-likeness (QED) is 0.897. The largest absolute Gasteiger partial charge is 0.496 e. The lowest BCUT2D eigenvalue weighted by atomic mass is 10.1. The zero-order valence-corrected chi connectivity index (χ0v) is 12.8. The summed E-state index contributed by atoms with van der Waals surface area (Å²) in [5.74, 6) is 1.23. The van der Waals surface area contributed by atoms with E-state index in [9.17, 15) is 4.39 Å². The predicted octanol–water partition coefficient (Wildman–Crippen LogP) is 4.41. The van der Waals surface area contributed by atoms with E-state index >= 15 is 0 Å². The van der Waals surface area contributed by atoms with E-state index < -0.39 is 0 Å². The third kappa shape index (κ3) is 3.11. The second-order valence-corrected chi connectivity index (χ2v) is 5.19. The predicted molar refractivity (Wildman–Crippen MR) is 79.8 cm³/mol. The molecule has 0 spiro atoms. The van der Waals surface area contributed by atoms with Crippen molar-refractivity contribution in [2.45, 2.75) is 13.0 Å². The SMILES string of the molecule is COc1cccc(Oc2ccc(Br)c(F)c2)c1C(C)N. The van der Waals surface area contributed by atoms with Gasteiger partial charge in [0.05, 0.1) is 17.1 Å². The van der Waals surface area contributed by atoms with Crippen LogP contribution in [0.25, 0.3) is 0 Å². The summed E-state index contributed by atoms with van der Waals surface area (Å²) in [5.41, 5.74) is 6.71. The molecule has 3 nitrogen and oxygen atoms in total. The van der Waals surface area contributed by atoms with E-state index in [2.05, 4.69) is 15.9 Å². The van der Waals surface area contributed by atoms with E-state index in [0.29, 0.717) is 21.7 Å². The van der Waals surface area contributed by atoms with Crippen molar-refractivity contribution in [3.63, 3.8) is 0 Å². The van der Waals surface area contributed by atoms with Crippen molar-refractivity contribution in [2.24, 2.45) is 5.73 Å². The number of hydrogen-bond acceptors (Lipinski definition) is 3. The Bertz CT molecular complexity index is 617. The molecule has 0 aromatic heterocycles. The highest BCUT2D eigenvalue weighted by atomic mass is 79.9. The van der Waals surface area contributed by atoms with Crippen LogP contribution in [-0.4, -0.2) is 7.11 Å². The van der Waals surface area contributed by atoms with Crippen LogP contribution in [0.1, 0.15) is 18.5 Å². The molecule has 2 aromatic rings. The summed E-state index contributed by atoms with van der Waals surface area (Å²) in [5, 5.41) is 0. The number of halogens is 2. The Kier molecular flexibility index (Phi) is 4.62. The van der Waals surface area contributed by atoms with Crippen molar-refractivity contribution in [3.8, 4) is 17.2 Å². The van der Waals surface area contributed by atoms with Crippen molar-refractivity contribution in [2.75, 3.05) is 7.11 Å². The number of benzene rings is 2. The van der Waals surface area contributed by atoms with Gasteiger partial charge in [-0.15, -0.1) is 0 Å². The number of nitrogens with two attached hydrogens (primary N) is 1. The highest BCUT2D eigenvalue weighted by molar-refractivity contribution is 9.10. The zero-order valence-electron chi connectivity index (χ0n) is 11.2. The molecule has 0 fully saturated rings. The van der Waals surface area contributed by atoms with Gasteiger partial charge < -0.3 is 15.2 Å². The molecule has 0 radical (unpaired) electrons. The lowest BCUT2D eigenvalue weighted by Crippen LogP contribution is -2.08. The molecule has 1 unspecified atom stereocenters. The van der Waals surface area contributed by atoms with Gasteiger partial charge >= 0.3 is 0 Å². The van der Waals surface area contributed by atoms with Gasteiger partial charge in [-0.2, -0.15) is 0 Å². The Balaban J connectivity index is 2.40. The maximum Gasteiger partial charge on any atom is 0.141 e. The minimum absolute atomic E-state index is 0.263. The highest BCUT2D eigenvalue weighted by Crippen LogP contribution is 2.36. The molecule has 0 bridgehead atoms. The summed E-state index contributed by atoms with van der Waals surface area (Å²) in [4.78, 5) is 0. The molecule has 2 N–H and O–H groups in total. The van der Waals surface area contributed by atoms with E-state index in [4.69, 9.17) is 15.2 Å². The van der Waals surface area contributed by atoms with Crippen molar-refractivity contribution in [1.82, 2.24) is 0 Å². The standard InChI is InChI=1S/C15H15BrFNO2/c1-9(18)15-13(19-2)4-3-5-14(15)20-10-6-7-11(16)12(17)8-10/h3-9H,18H2,1-2H3. The molecule has 0 aliphatic rings. The molecular weight excluding hydrogens is 325 g/mol. The van der Waals surface area contributed by atoms with E-state index in [1.165, 1.54) is 6.07 Å². The number of hydrogen-bond donors (Lipinski definition) is 1. The van der Waals surface area contributed by atoms with Crippen molar-refractivity contribution in [1.29, 1.82) is 0 Å². The smallest absolute Gasteiger partial charge is 0.141 e. The Morgan fingerprint density at radius 1 is 1.20 bits per heavy atom. The van der Waals surface area contributed by atoms with Crippen LogP contribution in [0, 0.1) is 5.82 Å². The van der Waals surface area contributed by atoms with Crippen molar-refractivity contribution < 1.29 is 13.9 Å². The molecule has 106 valence electrons. The highest BCUT2D eigenvalue weighted by Gasteiger charge is 2.15. The molecule has 0 saturated heterocycles. The van der Waals surface area contributed by atoms with E-state index in [0.717, 1.165) is 5.56 Å². The minimum Gasteiger partial charge on any atom is -0.496 e. The first kappa shape index (κ1) is 14.8. The van der Waals surface area contributed by atoms with Crippen LogP contribution >= 0.6 is 15.9 Å². The Hall–Kier alpha value is -1.59. The average molecular weight is 340 g/mol. The molecule has 20 heavy (non-hydrogen) atoms. The number of methoxy groups -OCH3 is 1. The van der Waals surface area contributed by atoms with Crippen LogP contribution in [0.2, 0.25) is 0 Å². The van der Waals surface area contributed by atoms with Crippen LogP contribution in [0.5, 0.6) is 17.2 Å². The fourth-order valence-electron chi connectivity index (χ4n) is 1.91. The molecule has 5 heteroatoms. The monoisotopic (exact) mass is 339 g/mol. The summed E-state index contributed by atoms with van der Waals surface area (Å²) in [7, 11) is 1.57. The third-order valence-electron chi connectivity index (χ3n) is 2.82. The Morgan fingerprint density at radius 3 is 2.50 bits per heavy atom. The average Bonchev–Trinajstić information content (AvgIpc) is 2.42. The topological polar surface area (TPSA) is 44.5 Å². The van der Waals surface area contributed by atoms with Crippen molar-refractivity contribution >= 4 is 15.9 Å². The maximum atomic E-state index is 13.5. The Labute approximate surface area is 125 Å². The third-order valence-corrected chi connectivity index (χ3v) is 3.46. The fourth-order valence-corrected chi connectivity index (χ4v) is 2.15. The van der Waals surface area contributed by atoms with Crippen LogP contribution in [0.4, 0.5) is 4.39 Å². The summed E-state index contributed by atoms with van der Waals surface area (Å²) in [6.45, 7) is 1.84. The number of ether oxygens (including phenoxy) is 2. The zero-order chi connectivity index (χ0) is 14.7. The second kappa shape index (κ2) is 6.24. The van der Waals surface area contributed by atoms with Crippen LogP contribution < -0.4 is 15.2 Å². The lowest BCUT2D eigenvalue weighted by molar-refractivity contribution is 0.397. The molecule has 0 aliphatic carbocycles. The summed E-state index contributed by atoms with van der Waals surface area (Å²) in [6.07, 6.45) is 0. The molecule has 2 aromatic carbocycles. The fraction of sp³-hybridized carbons (Fsp3) is 0.200. The van der Waals surface area contributed by atoms with E-state index in [-0.39, 0.29) is 11.9 Å². The van der Waals surface area contributed by atoms with Gasteiger partial charge in [0.1, 0.15) is 23.1 Å². The van der Waals surface area contributed by atoms with Gasteiger partial charge in [-0.1, -0.05) is 6.07 Å². The first-order valence-corrected chi connectivity index (χ1v) is 6.87. The molecular formula is C15H15BrFNO2. The van der Waals surface area contributed by atoms with Gasteiger partial charge in [-0.05, 0) is 47.1 Å². The summed E-state index contributed by atoms with van der Waals surface area (Å²) in [6, 6.07) is 9.72. The Morgan fingerprint density at radius 2 is 1.90 bits per heavy atom. The molecule has 0 saturated carbocycles. The first-order chi connectivity index (χ1) is 9.52. The van der Waals surface area contributed by atoms with Crippen LogP contribution in [0.15, 0.2) is 40.9 Å². The first-order valence-electron chi connectivity index (χ1n) is 6.08. The molecule has 1 atom stereocenters. The normalized spacial score (nSPS) is 12.1. The van der Waals surface area contributed by atoms with Gasteiger partial charge in [0.15, 0.2) is 0 Å². The molecule has 0 heterocycles. The van der Waals surface area contributed by atoms with Crippen molar-refractivity contribution in [3.05, 3.63) is 52.3 Å². The van der Waals surface area contributed by atoms with Gasteiger partial charge in [0.25, 0.3) is 0 Å². The second-order valence-electron chi connectivity index (χ2n) is 4.34. The number of rotatable bonds is 4. The lowest BCUT2D eigenvalue weighted by Gasteiger charge is -2.17.